The molecule has 0 aromatic rings. The van der Waals surface area contributed by atoms with E-state index < -0.39 is 11.9 Å². The molecule has 0 aliphatic rings. The minimum absolute atomic E-state index is 0.124. The number of aliphatic carboxylic acids is 2. The van der Waals surface area contributed by atoms with E-state index in [0.29, 0.717) is 0 Å². The summed E-state index contributed by atoms with van der Waals surface area (Å²) >= 11 is 0. The van der Waals surface area contributed by atoms with Crippen LogP contribution in [0.3, 0.4) is 0 Å². The van der Waals surface area contributed by atoms with Crippen molar-refractivity contribution in [1.82, 2.24) is 0 Å². The van der Waals surface area contributed by atoms with E-state index in [4.69, 9.17) is 0 Å². The largest absolute Gasteiger partial charge is 0.481 e. The highest BCUT2D eigenvalue weighted by atomic mass is 16.4. The van der Waals surface area contributed by atoms with Crippen LogP contribution in [0.5, 0.6) is 0 Å². The van der Waals surface area contributed by atoms with Crippen LogP contribution in [0.25, 0.3) is 0 Å². The van der Waals surface area contributed by atoms with Gasteiger partial charge in [-0.3, -0.25) is 9.59 Å². The van der Waals surface area contributed by atoms with Crippen molar-refractivity contribution in [2.75, 3.05) is 0 Å². The molecule has 0 saturated carbocycles. The van der Waals surface area contributed by atoms with E-state index in [1.54, 1.807) is 0 Å². The number of carboxylic acids is 2. The standard InChI is InChI=1S/C41H80O4/c1-3-5-7-9-11-13-15-17-19-21-23-25-27-29-35-41(37-31-33-39(42)43,38-32-34-40(44)45)36-30-28-26-24-22-20-18-16-14-12-10-8-6-4-2/h3-38H2,1-2H3,(H,42,43)(H,44,45). The van der Waals surface area contributed by atoms with Crippen LogP contribution in [0.1, 0.15) is 245 Å². The van der Waals surface area contributed by atoms with Gasteiger partial charge in [0.2, 0.25) is 0 Å². The molecular formula is C41H80O4. The van der Waals surface area contributed by atoms with Gasteiger partial charge in [0.15, 0.2) is 0 Å². The van der Waals surface area contributed by atoms with E-state index in [0.717, 1.165) is 38.5 Å². The lowest BCUT2D eigenvalue weighted by molar-refractivity contribution is -0.138. The normalized spacial score (nSPS) is 11.8. The van der Waals surface area contributed by atoms with Crippen molar-refractivity contribution in [2.45, 2.75) is 245 Å². The fourth-order valence-electron chi connectivity index (χ4n) is 7.37. The SMILES string of the molecule is CCCCCCCCCCCCCCCCC(CCCCCCCCCCCCCCCC)(CCCC(=O)O)CCCC(=O)O. The minimum Gasteiger partial charge on any atom is -0.481 e. The lowest BCUT2D eigenvalue weighted by Gasteiger charge is -2.35. The lowest BCUT2D eigenvalue weighted by Crippen LogP contribution is -2.22. The third-order valence-corrected chi connectivity index (χ3v) is 10.3. The molecule has 2 N–H and O–H groups in total. The third-order valence-electron chi connectivity index (χ3n) is 10.3. The van der Waals surface area contributed by atoms with Gasteiger partial charge >= 0.3 is 11.9 Å². The Bertz CT molecular complexity index is 577. The zero-order valence-electron chi connectivity index (χ0n) is 30.7. The summed E-state index contributed by atoms with van der Waals surface area (Å²) < 4.78 is 0. The second kappa shape index (κ2) is 34.3. The van der Waals surface area contributed by atoms with Crippen LogP contribution < -0.4 is 0 Å². The maximum Gasteiger partial charge on any atom is 0.303 e. The summed E-state index contributed by atoms with van der Waals surface area (Å²) in [6.45, 7) is 4.56. The van der Waals surface area contributed by atoms with Gasteiger partial charge < -0.3 is 10.2 Å². The van der Waals surface area contributed by atoms with Crippen LogP contribution in [-0.2, 0) is 9.59 Å². The van der Waals surface area contributed by atoms with Crippen molar-refractivity contribution in [3.8, 4) is 0 Å². The molecule has 0 aliphatic heterocycles. The molecule has 45 heavy (non-hydrogen) atoms. The maximum absolute atomic E-state index is 11.3. The van der Waals surface area contributed by atoms with E-state index in [-0.39, 0.29) is 18.3 Å². The smallest absolute Gasteiger partial charge is 0.303 e. The number of carbonyl (C=O) groups is 2. The molecule has 0 unspecified atom stereocenters. The van der Waals surface area contributed by atoms with Gasteiger partial charge in [-0.15, -0.1) is 0 Å². The highest BCUT2D eigenvalue weighted by Gasteiger charge is 2.29. The Hall–Kier alpha value is -1.06. The number of hydrogen-bond donors (Lipinski definition) is 2. The highest BCUT2D eigenvalue weighted by Crippen LogP contribution is 2.42. The van der Waals surface area contributed by atoms with E-state index in [9.17, 15) is 19.8 Å². The summed E-state index contributed by atoms with van der Waals surface area (Å²) in [5.74, 6) is -1.41. The van der Waals surface area contributed by atoms with Crippen molar-refractivity contribution >= 4 is 11.9 Å². The van der Waals surface area contributed by atoms with Crippen molar-refractivity contribution < 1.29 is 19.8 Å². The van der Waals surface area contributed by atoms with E-state index in [1.807, 2.05) is 0 Å². The lowest BCUT2D eigenvalue weighted by atomic mass is 9.71. The molecule has 0 fully saturated rings. The maximum atomic E-state index is 11.3. The molecule has 0 atom stereocenters. The van der Waals surface area contributed by atoms with Gasteiger partial charge in [0.1, 0.15) is 0 Å². The summed E-state index contributed by atoms with van der Waals surface area (Å²) in [7, 11) is 0. The van der Waals surface area contributed by atoms with Crippen LogP contribution >= 0.6 is 0 Å². The molecule has 4 nitrogen and oxygen atoms in total. The van der Waals surface area contributed by atoms with E-state index in [2.05, 4.69) is 13.8 Å². The van der Waals surface area contributed by atoms with Crippen LogP contribution in [0.2, 0.25) is 0 Å². The molecule has 268 valence electrons. The Morgan fingerprint density at radius 3 is 0.756 bits per heavy atom. The van der Waals surface area contributed by atoms with Crippen LogP contribution in [0, 0.1) is 5.41 Å². The molecule has 0 rings (SSSR count). The predicted molar refractivity (Wildman–Crippen MR) is 195 cm³/mol. The van der Waals surface area contributed by atoms with Gasteiger partial charge in [-0.1, -0.05) is 194 Å². The monoisotopic (exact) mass is 637 g/mol. The first kappa shape index (κ1) is 43.9. The van der Waals surface area contributed by atoms with Crippen molar-refractivity contribution in [1.29, 1.82) is 0 Å². The molecule has 0 bridgehead atoms. The number of hydrogen-bond acceptors (Lipinski definition) is 2. The van der Waals surface area contributed by atoms with Crippen LogP contribution in [-0.4, -0.2) is 22.2 Å². The molecule has 0 saturated heterocycles. The molecule has 0 heterocycles. The molecule has 4 heteroatoms. The summed E-state index contributed by atoms with van der Waals surface area (Å²) in [6.07, 6.45) is 44.1. The van der Waals surface area contributed by atoms with Crippen molar-refractivity contribution in [2.24, 2.45) is 5.41 Å². The summed E-state index contributed by atoms with van der Waals surface area (Å²) in [5.41, 5.74) is 0.124. The molecule has 0 aliphatic carbocycles. The van der Waals surface area contributed by atoms with Crippen LogP contribution in [0.4, 0.5) is 0 Å². The average molecular weight is 637 g/mol. The summed E-state index contributed by atoms with van der Waals surface area (Å²) in [6, 6.07) is 0. The topological polar surface area (TPSA) is 74.6 Å². The second-order valence-corrected chi connectivity index (χ2v) is 14.7. The van der Waals surface area contributed by atoms with E-state index >= 15 is 0 Å². The van der Waals surface area contributed by atoms with Gasteiger partial charge in [0.05, 0.1) is 0 Å². The number of rotatable bonds is 38. The third kappa shape index (κ3) is 32.7. The first-order valence-electron chi connectivity index (χ1n) is 20.4. The average Bonchev–Trinajstić information content (AvgIpc) is 3.01. The quantitative estimate of drug-likeness (QED) is 0.0661. The van der Waals surface area contributed by atoms with Crippen LogP contribution in [0.15, 0.2) is 0 Å². The Balaban J connectivity index is 4.38. The molecule has 0 aromatic carbocycles. The minimum atomic E-state index is -0.706. The summed E-state index contributed by atoms with van der Waals surface area (Å²) in [4.78, 5) is 22.6. The highest BCUT2D eigenvalue weighted by molar-refractivity contribution is 5.66. The Morgan fingerprint density at radius 1 is 0.333 bits per heavy atom. The van der Waals surface area contributed by atoms with Gasteiger partial charge in [-0.05, 0) is 43.9 Å². The van der Waals surface area contributed by atoms with Gasteiger partial charge in [0, 0.05) is 12.8 Å². The number of unbranched alkanes of at least 4 members (excludes halogenated alkanes) is 26. The molecule has 0 aromatic heterocycles. The van der Waals surface area contributed by atoms with Gasteiger partial charge in [0.25, 0.3) is 0 Å². The fourth-order valence-corrected chi connectivity index (χ4v) is 7.37. The Kier molecular flexibility index (Phi) is 33.5. The molecule has 0 amide bonds. The molecule has 0 radical (unpaired) electrons. The second-order valence-electron chi connectivity index (χ2n) is 14.7. The van der Waals surface area contributed by atoms with Gasteiger partial charge in [-0.25, -0.2) is 0 Å². The number of carboxylic acid groups (broad SMARTS) is 2. The van der Waals surface area contributed by atoms with Crippen molar-refractivity contribution in [3.05, 3.63) is 0 Å². The predicted octanol–water partition coefficient (Wildman–Crippen LogP) is 14.2. The molecular weight excluding hydrogens is 556 g/mol. The fraction of sp³-hybridized carbons (Fsp3) is 0.951. The first-order valence-corrected chi connectivity index (χ1v) is 20.4. The first-order chi connectivity index (χ1) is 22.0. The Morgan fingerprint density at radius 2 is 0.533 bits per heavy atom. The zero-order valence-corrected chi connectivity index (χ0v) is 30.7. The van der Waals surface area contributed by atoms with E-state index in [1.165, 1.54) is 180 Å². The summed E-state index contributed by atoms with van der Waals surface area (Å²) in [5, 5.41) is 18.6. The Labute approximate surface area is 281 Å². The van der Waals surface area contributed by atoms with Gasteiger partial charge in [-0.2, -0.15) is 0 Å². The zero-order chi connectivity index (χ0) is 33.1. The molecule has 0 spiro atoms. The van der Waals surface area contributed by atoms with Crippen molar-refractivity contribution in [3.63, 3.8) is 0 Å².